The summed E-state index contributed by atoms with van der Waals surface area (Å²) in [4.78, 5) is 2.09. The molecule has 0 bridgehead atoms. The predicted molar refractivity (Wildman–Crippen MR) is 72.5 cm³/mol. The summed E-state index contributed by atoms with van der Waals surface area (Å²) in [5.74, 6) is -0.157. The molecule has 1 saturated carbocycles. The van der Waals surface area contributed by atoms with Gasteiger partial charge in [-0.15, -0.1) is 0 Å². The summed E-state index contributed by atoms with van der Waals surface area (Å²) in [5.41, 5.74) is 1.44. The molecule has 0 spiro atoms. The highest BCUT2D eigenvalue weighted by molar-refractivity contribution is 7.75. The first-order valence-electron chi connectivity index (χ1n) is 6.33. The molecule has 5 heteroatoms. The Morgan fingerprint density at radius 1 is 1.28 bits per heavy atom. The minimum Gasteiger partial charge on any atom is -0.367 e. The van der Waals surface area contributed by atoms with E-state index in [0.717, 1.165) is 44.6 Å². The molecule has 0 unspecified atom stereocenters. The molecule has 1 aromatic rings. The van der Waals surface area contributed by atoms with Crippen molar-refractivity contribution in [3.63, 3.8) is 0 Å². The number of nitrogens with zero attached hydrogens (tertiary/aromatic N) is 1. The van der Waals surface area contributed by atoms with Crippen LogP contribution in [0.1, 0.15) is 18.4 Å². The average Bonchev–Trinajstić information content (AvgIpc) is 3.21. The lowest BCUT2D eigenvalue weighted by molar-refractivity contribution is 0.227. The summed E-state index contributed by atoms with van der Waals surface area (Å²) in [5, 5.41) is 3.27. The molecule has 0 radical (unpaired) electrons. The molecule has 1 heterocycles. The van der Waals surface area contributed by atoms with Crippen molar-refractivity contribution in [3.8, 4) is 0 Å². The normalized spacial score (nSPS) is 22.0. The zero-order valence-corrected chi connectivity index (χ0v) is 11.0. The van der Waals surface area contributed by atoms with Gasteiger partial charge in [-0.1, -0.05) is 6.07 Å². The zero-order valence-electron chi connectivity index (χ0n) is 10.2. The van der Waals surface area contributed by atoms with Crippen molar-refractivity contribution in [2.75, 3.05) is 31.1 Å². The van der Waals surface area contributed by atoms with Gasteiger partial charge in [0.05, 0.1) is 5.69 Å². The number of piperazine rings is 1. The van der Waals surface area contributed by atoms with Crippen LogP contribution in [0.5, 0.6) is 0 Å². The highest BCUT2D eigenvalue weighted by Crippen LogP contribution is 2.50. The second-order valence-electron chi connectivity index (χ2n) is 4.99. The smallest absolute Gasteiger partial charge is 0.146 e. The first-order chi connectivity index (χ1) is 8.75. The topological polar surface area (TPSA) is 24.5 Å². The van der Waals surface area contributed by atoms with E-state index >= 15 is 0 Å². The first kappa shape index (κ1) is 12.3. The van der Waals surface area contributed by atoms with E-state index in [0.29, 0.717) is 5.69 Å². The van der Waals surface area contributed by atoms with Crippen LogP contribution < -0.4 is 10.2 Å². The summed E-state index contributed by atoms with van der Waals surface area (Å²) in [6.45, 7) is 3.49. The molecule has 3 nitrogen and oxygen atoms in total. The largest absolute Gasteiger partial charge is 0.367 e. The van der Waals surface area contributed by atoms with Crippen molar-refractivity contribution in [2.24, 2.45) is 0 Å². The van der Waals surface area contributed by atoms with Crippen molar-refractivity contribution in [1.82, 2.24) is 5.32 Å². The molecule has 1 N–H and O–H groups in total. The standard InChI is InChI=1S/C13H17FN2OS/c14-11-2-1-10(13(17-18)3-4-13)9-12(11)16-7-5-15-6-8-16/h1-2,9,15,18H,3-8H2. The minimum absolute atomic E-state index is 0.157. The van der Waals surface area contributed by atoms with Crippen LogP contribution in [0.15, 0.2) is 18.2 Å². The van der Waals surface area contributed by atoms with Gasteiger partial charge < -0.3 is 14.4 Å². The van der Waals surface area contributed by atoms with Crippen molar-refractivity contribution in [1.29, 1.82) is 0 Å². The van der Waals surface area contributed by atoms with Gasteiger partial charge >= 0.3 is 0 Å². The third kappa shape index (κ3) is 2.11. The molecular formula is C13H17FN2OS. The van der Waals surface area contributed by atoms with E-state index in [4.69, 9.17) is 4.18 Å². The maximum Gasteiger partial charge on any atom is 0.146 e. The van der Waals surface area contributed by atoms with Gasteiger partial charge in [-0.3, -0.25) is 0 Å². The number of rotatable bonds is 3. The van der Waals surface area contributed by atoms with Crippen LogP contribution >= 0.6 is 12.9 Å². The van der Waals surface area contributed by atoms with E-state index in [1.54, 1.807) is 6.07 Å². The summed E-state index contributed by atoms with van der Waals surface area (Å²) in [7, 11) is 0. The van der Waals surface area contributed by atoms with E-state index in [1.165, 1.54) is 0 Å². The van der Waals surface area contributed by atoms with E-state index in [-0.39, 0.29) is 11.4 Å². The van der Waals surface area contributed by atoms with Crippen molar-refractivity contribution in [3.05, 3.63) is 29.6 Å². The molecule has 0 atom stereocenters. The third-order valence-electron chi connectivity index (χ3n) is 3.81. The average molecular weight is 268 g/mol. The Kier molecular flexibility index (Phi) is 3.21. The van der Waals surface area contributed by atoms with Gasteiger partial charge in [0.1, 0.15) is 11.4 Å². The number of halogens is 1. The lowest BCUT2D eigenvalue weighted by Crippen LogP contribution is -2.44. The fourth-order valence-electron chi connectivity index (χ4n) is 2.49. The maximum atomic E-state index is 13.9. The molecule has 1 aliphatic heterocycles. The number of hydrogen-bond acceptors (Lipinski definition) is 4. The Hall–Kier alpha value is -0.780. The van der Waals surface area contributed by atoms with Crippen LogP contribution in [0.2, 0.25) is 0 Å². The Labute approximate surface area is 112 Å². The molecule has 98 valence electrons. The minimum atomic E-state index is -0.278. The number of anilines is 1. The van der Waals surface area contributed by atoms with Crippen molar-refractivity contribution in [2.45, 2.75) is 18.4 Å². The Balaban J connectivity index is 1.91. The molecule has 18 heavy (non-hydrogen) atoms. The number of benzene rings is 1. The van der Waals surface area contributed by atoms with Crippen LogP contribution in [0.25, 0.3) is 0 Å². The van der Waals surface area contributed by atoms with E-state index < -0.39 is 0 Å². The molecule has 1 aliphatic carbocycles. The number of thiol groups is 1. The van der Waals surface area contributed by atoms with Gasteiger partial charge in [0, 0.05) is 26.2 Å². The lowest BCUT2D eigenvalue weighted by Gasteiger charge is -2.30. The highest BCUT2D eigenvalue weighted by Gasteiger charge is 2.46. The molecule has 1 saturated heterocycles. The first-order valence-corrected chi connectivity index (χ1v) is 6.70. The van der Waals surface area contributed by atoms with Gasteiger partial charge in [0.25, 0.3) is 0 Å². The molecule has 0 amide bonds. The molecular weight excluding hydrogens is 251 g/mol. The number of nitrogens with one attached hydrogen (secondary N) is 1. The van der Waals surface area contributed by atoms with Gasteiger partial charge in [-0.25, -0.2) is 4.39 Å². The molecule has 2 aliphatic rings. The Morgan fingerprint density at radius 2 is 2.00 bits per heavy atom. The third-order valence-corrected chi connectivity index (χ3v) is 4.16. The predicted octanol–water partition coefficient (Wildman–Crippen LogP) is 2.09. The van der Waals surface area contributed by atoms with Crippen molar-refractivity contribution < 1.29 is 8.57 Å². The monoisotopic (exact) mass is 268 g/mol. The van der Waals surface area contributed by atoms with Crippen LogP contribution in [0.3, 0.4) is 0 Å². The quantitative estimate of drug-likeness (QED) is 0.648. The van der Waals surface area contributed by atoms with Crippen molar-refractivity contribution >= 4 is 18.6 Å². The molecule has 3 rings (SSSR count). The summed E-state index contributed by atoms with van der Waals surface area (Å²) < 4.78 is 19.2. The van der Waals surface area contributed by atoms with E-state index in [9.17, 15) is 4.39 Å². The SMILES string of the molecule is Fc1ccc(C2(OS)CC2)cc1N1CCNCC1. The van der Waals surface area contributed by atoms with E-state index in [2.05, 4.69) is 23.1 Å². The lowest BCUT2D eigenvalue weighted by atomic mass is 10.1. The van der Waals surface area contributed by atoms with Gasteiger partial charge in [0.15, 0.2) is 0 Å². The highest BCUT2D eigenvalue weighted by atomic mass is 32.1. The second-order valence-corrected chi connectivity index (χ2v) is 5.17. The Morgan fingerprint density at radius 3 is 2.61 bits per heavy atom. The summed E-state index contributed by atoms with van der Waals surface area (Å²) in [6, 6.07) is 5.27. The Bertz CT molecular complexity index is 445. The van der Waals surface area contributed by atoms with E-state index in [1.807, 2.05) is 12.1 Å². The summed E-state index contributed by atoms with van der Waals surface area (Å²) in [6.07, 6.45) is 1.92. The second kappa shape index (κ2) is 4.72. The number of hydrogen-bond donors (Lipinski definition) is 2. The fourth-order valence-corrected chi connectivity index (χ4v) is 2.78. The van der Waals surface area contributed by atoms with Crippen LogP contribution in [-0.2, 0) is 9.78 Å². The molecule has 0 aromatic heterocycles. The van der Waals surface area contributed by atoms with Gasteiger partial charge in [0.2, 0.25) is 0 Å². The molecule has 2 fully saturated rings. The fraction of sp³-hybridized carbons (Fsp3) is 0.538. The van der Waals surface area contributed by atoms with Crippen LogP contribution in [0.4, 0.5) is 10.1 Å². The van der Waals surface area contributed by atoms with Crippen LogP contribution in [-0.4, -0.2) is 26.2 Å². The van der Waals surface area contributed by atoms with Gasteiger partial charge in [-0.2, -0.15) is 0 Å². The van der Waals surface area contributed by atoms with Crippen LogP contribution in [0, 0.1) is 5.82 Å². The maximum absolute atomic E-state index is 13.9. The zero-order chi connectivity index (χ0) is 12.6. The summed E-state index contributed by atoms with van der Waals surface area (Å²) >= 11 is 3.94. The van der Waals surface area contributed by atoms with Gasteiger partial charge in [-0.05, 0) is 43.4 Å². The molecule has 1 aromatic carbocycles.